The molecule has 0 bridgehead atoms. The number of amides is 1. The molecule has 0 aromatic heterocycles. The van der Waals surface area contributed by atoms with E-state index < -0.39 is 0 Å². The van der Waals surface area contributed by atoms with Gasteiger partial charge in [-0.2, -0.15) is 5.26 Å². The van der Waals surface area contributed by atoms with Crippen molar-refractivity contribution in [1.29, 1.82) is 5.26 Å². The number of carbonyl (C=O) groups is 1. The van der Waals surface area contributed by atoms with Crippen molar-refractivity contribution in [3.05, 3.63) is 59.7 Å². The van der Waals surface area contributed by atoms with Crippen LogP contribution in [0.2, 0.25) is 0 Å². The van der Waals surface area contributed by atoms with Crippen LogP contribution in [0.15, 0.2) is 48.5 Å². The molecule has 0 fully saturated rings. The predicted octanol–water partition coefficient (Wildman–Crippen LogP) is 3.38. The van der Waals surface area contributed by atoms with Gasteiger partial charge in [0.2, 0.25) is 0 Å². The molecule has 0 spiro atoms. The lowest BCUT2D eigenvalue weighted by Crippen LogP contribution is -2.37. The van der Waals surface area contributed by atoms with Gasteiger partial charge in [-0.3, -0.25) is 4.79 Å². The van der Waals surface area contributed by atoms with E-state index in [1.165, 1.54) is 0 Å². The maximum atomic E-state index is 12.2. The van der Waals surface area contributed by atoms with Crippen LogP contribution < -0.4 is 5.32 Å². The molecule has 0 radical (unpaired) electrons. The summed E-state index contributed by atoms with van der Waals surface area (Å²) in [5, 5.41) is 11.8. The molecule has 118 valence electrons. The van der Waals surface area contributed by atoms with Crippen LogP contribution in [-0.2, 0) is 4.74 Å². The van der Waals surface area contributed by atoms with Crippen molar-refractivity contribution in [3.8, 4) is 17.2 Å². The summed E-state index contributed by atoms with van der Waals surface area (Å²) >= 11 is 0. The first-order valence-corrected chi connectivity index (χ1v) is 7.58. The number of nitrogens with zero attached hydrogens (tertiary/aromatic N) is 1. The summed E-state index contributed by atoms with van der Waals surface area (Å²) in [6, 6.07) is 16.9. The van der Waals surface area contributed by atoms with Crippen molar-refractivity contribution in [3.63, 3.8) is 0 Å². The van der Waals surface area contributed by atoms with Crippen LogP contribution in [0.25, 0.3) is 11.1 Å². The largest absolute Gasteiger partial charge is 0.383 e. The first-order chi connectivity index (χ1) is 11.2. The van der Waals surface area contributed by atoms with Crippen molar-refractivity contribution in [1.82, 2.24) is 5.32 Å². The molecule has 0 aliphatic rings. The molecular formula is C19H20N2O2. The van der Waals surface area contributed by atoms with E-state index in [0.717, 1.165) is 17.5 Å². The number of benzene rings is 2. The highest BCUT2D eigenvalue weighted by Gasteiger charge is 2.12. The van der Waals surface area contributed by atoms with Gasteiger partial charge in [-0.25, -0.2) is 0 Å². The third kappa shape index (κ3) is 4.41. The molecule has 2 rings (SSSR count). The number of methoxy groups -OCH3 is 1. The van der Waals surface area contributed by atoms with Gasteiger partial charge in [0.25, 0.3) is 5.91 Å². The Labute approximate surface area is 136 Å². The van der Waals surface area contributed by atoms with Crippen molar-refractivity contribution in [2.45, 2.75) is 19.4 Å². The second-order valence-corrected chi connectivity index (χ2v) is 5.30. The van der Waals surface area contributed by atoms with Gasteiger partial charge < -0.3 is 10.1 Å². The standard InChI is InChI=1S/C19H20N2O2/c1-3-18(13-23-2)21-19(22)17-10-8-16(9-11-17)15-6-4-14(12-20)5-7-15/h4-11,18H,3,13H2,1-2H3,(H,21,22). The SMILES string of the molecule is CCC(COC)NC(=O)c1ccc(-c2ccc(C#N)cc2)cc1. The van der Waals surface area contributed by atoms with Gasteiger partial charge in [0, 0.05) is 12.7 Å². The average Bonchev–Trinajstić information content (AvgIpc) is 2.61. The zero-order valence-corrected chi connectivity index (χ0v) is 13.4. The lowest BCUT2D eigenvalue weighted by Gasteiger charge is -2.16. The minimum Gasteiger partial charge on any atom is -0.383 e. The molecule has 4 heteroatoms. The van der Waals surface area contributed by atoms with Crippen LogP contribution >= 0.6 is 0 Å². The van der Waals surface area contributed by atoms with Gasteiger partial charge in [0.05, 0.1) is 24.3 Å². The van der Waals surface area contributed by atoms with E-state index >= 15 is 0 Å². The molecule has 2 aromatic carbocycles. The summed E-state index contributed by atoms with van der Waals surface area (Å²) < 4.78 is 5.09. The normalized spacial score (nSPS) is 11.5. The Morgan fingerprint density at radius 1 is 1.13 bits per heavy atom. The molecule has 1 atom stereocenters. The van der Waals surface area contributed by atoms with Crippen molar-refractivity contribution in [2.75, 3.05) is 13.7 Å². The van der Waals surface area contributed by atoms with E-state index in [9.17, 15) is 4.79 Å². The van der Waals surface area contributed by atoms with Gasteiger partial charge in [0.15, 0.2) is 0 Å². The van der Waals surface area contributed by atoms with E-state index in [4.69, 9.17) is 10.00 Å². The number of nitrogens with one attached hydrogen (secondary N) is 1. The molecule has 1 amide bonds. The summed E-state index contributed by atoms with van der Waals surface area (Å²) in [4.78, 5) is 12.2. The van der Waals surface area contributed by atoms with Crippen LogP contribution in [0.5, 0.6) is 0 Å². The van der Waals surface area contributed by atoms with Crippen LogP contribution in [0.4, 0.5) is 0 Å². The van der Waals surface area contributed by atoms with E-state index in [-0.39, 0.29) is 11.9 Å². The summed E-state index contributed by atoms with van der Waals surface area (Å²) in [7, 11) is 1.63. The van der Waals surface area contributed by atoms with Gasteiger partial charge in [0.1, 0.15) is 0 Å². The summed E-state index contributed by atoms with van der Waals surface area (Å²) in [5.41, 5.74) is 3.28. The number of carbonyl (C=O) groups excluding carboxylic acids is 1. The number of ether oxygens (including phenoxy) is 1. The lowest BCUT2D eigenvalue weighted by atomic mass is 10.0. The van der Waals surface area contributed by atoms with Crippen LogP contribution in [0.1, 0.15) is 29.3 Å². The van der Waals surface area contributed by atoms with Crippen LogP contribution in [-0.4, -0.2) is 25.7 Å². The van der Waals surface area contributed by atoms with E-state index in [2.05, 4.69) is 11.4 Å². The first kappa shape index (κ1) is 16.7. The van der Waals surface area contributed by atoms with E-state index in [1.807, 2.05) is 43.3 Å². The number of hydrogen-bond donors (Lipinski definition) is 1. The topological polar surface area (TPSA) is 62.1 Å². The second kappa shape index (κ2) is 8.11. The Morgan fingerprint density at radius 2 is 1.70 bits per heavy atom. The highest BCUT2D eigenvalue weighted by atomic mass is 16.5. The molecule has 1 N–H and O–H groups in total. The zero-order chi connectivity index (χ0) is 16.7. The first-order valence-electron chi connectivity index (χ1n) is 7.58. The van der Waals surface area contributed by atoms with Crippen molar-refractivity contribution >= 4 is 5.91 Å². The molecule has 1 unspecified atom stereocenters. The third-order valence-corrected chi connectivity index (χ3v) is 3.69. The smallest absolute Gasteiger partial charge is 0.251 e. The van der Waals surface area contributed by atoms with E-state index in [1.54, 1.807) is 19.2 Å². The average molecular weight is 308 g/mol. The third-order valence-electron chi connectivity index (χ3n) is 3.69. The number of hydrogen-bond acceptors (Lipinski definition) is 3. The van der Waals surface area contributed by atoms with Gasteiger partial charge >= 0.3 is 0 Å². The molecule has 2 aromatic rings. The minimum atomic E-state index is -0.0970. The quantitative estimate of drug-likeness (QED) is 0.890. The molecule has 0 heterocycles. The van der Waals surface area contributed by atoms with Crippen molar-refractivity contribution in [2.24, 2.45) is 0 Å². The van der Waals surface area contributed by atoms with Crippen molar-refractivity contribution < 1.29 is 9.53 Å². The highest BCUT2D eigenvalue weighted by molar-refractivity contribution is 5.94. The zero-order valence-electron chi connectivity index (χ0n) is 13.4. The molecule has 23 heavy (non-hydrogen) atoms. The fourth-order valence-electron chi connectivity index (χ4n) is 2.28. The number of nitriles is 1. The lowest BCUT2D eigenvalue weighted by molar-refractivity contribution is 0.0894. The highest BCUT2D eigenvalue weighted by Crippen LogP contribution is 2.20. The fourth-order valence-corrected chi connectivity index (χ4v) is 2.28. The Kier molecular flexibility index (Phi) is 5.90. The number of rotatable bonds is 6. The van der Waals surface area contributed by atoms with Gasteiger partial charge in [-0.15, -0.1) is 0 Å². The summed E-state index contributed by atoms with van der Waals surface area (Å²) in [5.74, 6) is -0.0970. The molecular weight excluding hydrogens is 288 g/mol. The van der Waals surface area contributed by atoms with Gasteiger partial charge in [-0.05, 0) is 41.8 Å². The molecule has 0 saturated heterocycles. The maximum absolute atomic E-state index is 12.2. The Bertz CT molecular complexity index is 685. The predicted molar refractivity (Wildman–Crippen MR) is 90.0 cm³/mol. The molecule has 0 aliphatic heterocycles. The molecule has 0 aliphatic carbocycles. The monoisotopic (exact) mass is 308 g/mol. The molecule has 4 nitrogen and oxygen atoms in total. The maximum Gasteiger partial charge on any atom is 0.251 e. The Morgan fingerprint density at radius 3 is 2.17 bits per heavy atom. The van der Waals surface area contributed by atoms with E-state index in [0.29, 0.717) is 17.7 Å². The minimum absolute atomic E-state index is 0.0192. The second-order valence-electron chi connectivity index (χ2n) is 5.30. The van der Waals surface area contributed by atoms with Gasteiger partial charge in [-0.1, -0.05) is 31.2 Å². The fraction of sp³-hybridized carbons (Fsp3) is 0.263. The Hall–Kier alpha value is -2.64. The van der Waals surface area contributed by atoms with Crippen LogP contribution in [0, 0.1) is 11.3 Å². The Balaban J connectivity index is 2.09. The van der Waals surface area contributed by atoms with Crippen LogP contribution in [0.3, 0.4) is 0 Å². The molecule has 0 saturated carbocycles. The summed E-state index contributed by atoms with van der Waals surface area (Å²) in [6.45, 7) is 2.52. The summed E-state index contributed by atoms with van der Waals surface area (Å²) in [6.07, 6.45) is 0.822.